The van der Waals surface area contributed by atoms with E-state index in [9.17, 15) is 15.2 Å². The van der Waals surface area contributed by atoms with Crippen LogP contribution in [0.4, 0.5) is 5.82 Å². The molecule has 0 aliphatic rings. The maximum Gasteiger partial charge on any atom is 0.326 e. The molecule has 0 aliphatic carbocycles. The predicted octanol–water partition coefficient (Wildman–Crippen LogP) is 3.20. The van der Waals surface area contributed by atoms with Crippen molar-refractivity contribution in [3.63, 3.8) is 0 Å². The minimum atomic E-state index is -0.930. The zero-order chi connectivity index (χ0) is 20.7. The number of aromatic nitrogens is 4. The quantitative estimate of drug-likeness (QED) is 0.555. The van der Waals surface area contributed by atoms with Crippen LogP contribution in [-0.4, -0.2) is 30.4 Å². The summed E-state index contributed by atoms with van der Waals surface area (Å²) in [4.78, 5) is 16.0. The van der Waals surface area contributed by atoms with Gasteiger partial charge in [-0.15, -0.1) is 0 Å². The average molecular weight is 386 g/mol. The third kappa shape index (κ3) is 2.99. The molecule has 0 saturated carbocycles. The molecule has 144 valence electrons. The number of nitriles is 1. The van der Waals surface area contributed by atoms with Gasteiger partial charge in [0, 0.05) is 47.0 Å². The minimum Gasteiger partial charge on any atom is -0.480 e. The van der Waals surface area contributed by atoms with E-state index < -0.39 is 12.0 Å². The topological polar surface area (TPSA) is 123 Å². The molecule has 1 aromatic carbocycles. The number of hydrogen-bond donors (Lipinski definition) is 2. The van der Waals surface area contributed by atoms with Gasteiger partial charge in [-0.3, -0.25) is 4.68 Å². The van der Waals surface area contributed by atoms with Crippen molar-refractivity contribution in [3.8, 4) is 28.5 Å². The number of hydrogen-bond acceptors (Lipinski definition) is 5. The Balaban J connectivity index is 1.99. The summed E-state index contributed by atoms with van der Waals surface area (Å²) in [5, 5.41) is 24.1. The van der Waals surface area contributed by atoms with Crippen LogP contribution in [0.5, 0.6) is 0 Å². The molecule has 3 aromatic heterocycles. The second-order valence-corrected chi connectivity index (χ2v) is 6.81. The molecular formula is C21H18N6O2. The molecule has 3 heterocycles. The Bertz CT molecular complexity index is 1290. The van der Waals surface area contributed by atoms with Crippen LogP contribution in [0.15, 0.2) is 48.9 Å². The molecule has 0 radical (unpaired) electrons. The number of nitrogens with two attached hydrogens (primary N) is 1. The molecule has 8 heteroatoms. The summed E-state index contributed by atoms with van der Waals surface area (Å²) in [6.07, 6.45) is 5.23. The van der Waals surface area contributed by atoms with Gasteiger partial charge >= 0.3 is 5.97 Å². The van der Waals surface area contributed by atoms with Crippen LogP contribution >= 0.6 is 0 Å². The van der Waals surface area contributed by atoms with Crippen molar-refractivity contribution in [1.82, 2.24) is 19.3 Å². The summed E-state index contributed by atoms with van der Waals surface area (Å²) >= 11 is 0. The lowest BCUT2D eigenvalue weighted by molar-refractivity contribution is -0.140. The van der Waals surface area contributed by atoms with Crippen LogP contribution in [0.1, 0.15) is 18.5 Å². The van der Waals surface area contributed by atoms with Crippen molar-refractivity contribution >= 4 is 22.7 Å². The number of pyridine rings is 1. The predicted molar refractivity (Wildman–Crippen MR) is 109 cm³/mol. The molecule has 4 aromatic rings. The van der Waals surface area contributed by atoms with Crippen molar-refractivity contribution in [1.29, 1.82) is 5.26 Å². The number of aryl methyl sites for hydroxylation is 1. The minimum absolute atomic E-state index is 0.118. The van der Waals surface area contributed by atoms with Gasteiger partial charge in [0.15, 0.2) is 0 Å². The lowest BCUT2D eigenvalue weighted by Gasteiger charge is -2.10. The Morgan fingerprint density at radius 2 is 2.03 bits per heavy atom. The number of para-hydroxylation sites is 1. The highest BCUT2D eigenvalue weighted by molar-refractivity contribution is 5.97. The van der Waals surface area contributed by atoms with E-state index >= 15 is 0 Å². The highest BCUT2D eigenvalue weighted by Gasteiger charge is 2.21. The molecule has 0 amide bonds. The zero-order valence-corrected chi connectivity index (χ0v) is 15.9. The van der Waals surface area contributed by atoms with E-state index in [1.807, 2.05) is 24.3 Å². The van der Waals surface area contributed by atoms with Gasteiger partial charge in [0.1, 0.15) is 23.5 Å². The largest absolute Gasteiger partial charge is 0.480 e. The molecule has 3 N–H and O–H groups in total. The first-order valence-corrected chi connectivity index (χ1v) is 8.93. The number of carbonyl (C=O) groups is 1. The van der Waals surface area contributed by atoms with Crippen molar-refractivity contribution in [2.45, 2.75) is 13.0 Å². The normalized spacial score (nSPS) is 12.0. The monoisotopic (exact) mass is 386 g/mol. The molecular weight excluding hydrogens is 368 g/mol. The molecule has 0 saturated heterocycles. The van der Waals surface area contributed by atoms with Crippen molar-refractivity contribution < 1.29 is 9.90 Å². The van der Waals surface area contributed by atoms with E-state index in [4.69, 9.17) is 5.73 Å². The van der Waals surface area contributed by atoms with Gasteiger partial charge in [0.2, 0.25) is 0 Å². The molecule has 0 spiro atoms. The molecule has 0 unspecified atom stereocenters. The van der Waals surface area contributed by atoms with Gasteiger partial charge in [0.05, 0.1) is 11.9 Å². The van der Waals surface area contributed by atoms with Gasteiger partial charge in [-0.2, -0.15) is 10.4 Å². The Hall–Kier alpha value is -4.12. The van der Waals surface area contributed by atoms with E-state index in [1.165, 1.54) is 0 Å². The third-order valence-corrected chi connectivity index (χ3v) is 4.97. The Morgan fingerprint density at radius 3 is 2.69 bits per heavy atom. The van der Waals surface area contributed by atoms with E-state index in [0.29, 0.717) is 11.3 Å². The van der Waals surface area contributed by atoms with E-state index in [0.717, 1.165) is 22.0 Å². The maximum absolute atomic E-state index is 11.6. The average Bonchev–Trinajstić information content (AvgIpc) is 3.30. The summed E-state index contributed by atoms with van der Waals surface area (Å²) in [5.74, 6) is -0.812. The Kier molecular flexibility index (Phi) is 4.28. The zero-order valence-electron chi connectivity index (χ0n) is 15.9. The van der Waals surface area contributed by atoms with Gasteiger partial charge in [0.25, 0.3) is 0 Å². The second-order valence-electron chi connectivity index (χ2n) is 6.81. The summed E-state index contributed by atoms with van der Waals surface area (Å²) in [6.45, 7) is 1.63. The van der Waals surface area contributed by atoms with Crippen LogP contribution in [-0.2, 0) is 11.8 Å². The number of carboxylic acids is 1. The van der Waals surface area contributed by atoms with Crippen molar-refractivity contribution in [3.05, 3.63) is 54.5 Å². The molecule has 0 fully saturated rings. The van der Waals surface area contributed by atoms with E-state index in [-0.39, 0.29) is 11.4 Å². The number of fused-ring (bicyclic) bond motifs is 1. The summed E-state index contributed by atoms with van der Waals surface area (Å²) in [6, 6.07) is 10.7. The van der Waals surface area contributed by atoms with Crippen LogP contribution in [0.3, 0.4) is 0 Å². The van der Waals surface area contributed by atoms with Gasteiger partial charge in [-0.25, -0.2) is 9.78 Å². The smallest absolute Gasteiger partial charge is 0.326 e. The van der Waals surface area contributed by atoms with Crippen molar-refractivity contribution in [2.24, 2.45) is 7.05 Å². The lowest BCUT2D eigenvalue weighted by Crippen LogP contribution is -2.14. The maximum atomic E-state index is 11.6. The van der Waals surface area contributed by atoms with Crippen LogP contribution in [0.25, 0.3) is 33.3 Å². The number of nitrogen functional groups attached to an aromatic ring is 1. The standard InChI is InChI=1S/C21H18N6O2/c1-12(21(28)29)27-11-17(14-5-3-4-6-19(14)27)18-7-15(13-9-24-26(2)10-13)16(8-22)20(23)25-18/h3-7,9-12H,1-2H3,(H2,23,25)(H,28,29)/t12-/m1/s1. The summed E-state index contributed by atoms with van der Waals surface area (Å²) in [5.41, 5.74) is 9.87. The van der Waals surface area contributed by atoms with Crippen LogP contribution in [0.2, 0.25) is 0 Å². The molecule has 1 atom stereocenters. The first-order valence-electron chi connectivity index (χ1n) is 8.93. The summed E-state index contributed by atoms with van der Waals surface area (Å²) < 4.78 is 3.35. The van der Waals surface area contributed by atoms with Crippen molar-refractivity contribution in [2.75, 3.05) is 5.73 Å². The lowest BCUT2D eigenvalue weighted by atomic mass is 10.0. The highest BCUT2D eigenvalue weighted by Crippen LogP contribution is 2.36. The Morgan fingerprint density at radius 1 is 1.28 bits per heavy atom. The number of nitrogens with zero attached hydrogens (tertiary/aromatic N) is 5. The third-order valence-electron chi connectivity index (χ3n) is 4.97. The molecule has 4 rings (SSSR count). The van der Waals surface area contributed by atoms with Gasteiger partial charge in [-0.1, -0.05) is 18.2 Å². The SMILES string of the molecule is C[C@H](C(=O)O)n1cc(-c2cc(-c3cnn(C)c3)c(C#N)c(N)n2)c2ccccc21. The fourth-order valence-electron chi connectivity index (χ4n) is 3.46. The second kappa shape index (κ2) is 6.80. The van der Waals surface area contributed by atoms with Gasteiger partial charge < -0.3 is 15.4 Å². The molecule has 29 heavy (non-hydrogen) atoms. The Labute approximate surface area is 166 Å². The molecule has 0 bridgehead atoms. The summed E-state index contributed by atoms with van der Waals surface area (Å²) in [7, 11) is 1.79. The number of benzene rings is 1. The number of anilines is 1. The van der Waals surface area contributed by atoms with E-state index in [2.05, 4.69) is 16.2 Å². The highest BCUT2D eigenvalue weighted by atomic mass is 16.4. The van der Waals surface area contributed by atoms with E-state index in [1.54, 1.807) is 47.9 Å². The molecule has 8 nitrogen and oxygen atoms in total. The van der Waals surface area contributed by atoms with Crippen LogP contribution < -0.4 is 5.73 Å². The first kappa shape index (κ1) is 18.3. The number of rotatable bonds is 4. The molecule has 0 aliphatic heterocycles. The number of aliphatic carboxylic acids is 1. The fraction of sp³-hybridized carbons (Fsp3) is 0.143. The first-order chi connectivity index (χ1) is 13.9. The van der Waals surface area contributed by atoms with Crippen LogP contribution in [0, 0.1) is 11.3 Å². The number of carboxylic acid groups (broad SMARTS) is 1. The fourth-order valence-corrected chi connectivity index (χ4v) is 3.46. The van der Waals surface area contributed by atoms with Gasteiger partial charge in [-0.05, 0) is 19.1 Å².